The van der Waals surface area contributed by atoms with Crippen LogP contribution >= 0.6 is 11.3 Å². The van der Waals surface area contributed by atoms with E-state index in [1.54, 1.807) is 7.11 Å². The molecule has 2 aromatic rings. The summed E-state index contributed by atoms with van der Waals surface area (Å²) in [5.74, 6) is -0.242. The summed E-state index contributed by atoms with van der Waals surface area (Å²) in [4.78, 5) is 13.1. The molecule has 1 heterocycles. The van der Waals surface area contributed by atoms with E-state index in [1.807, 2.05) is 17.5 Å². The summed E-state index contributed by atoms with van der Waals surface area (Å²) < 4.78 is 32.0. The van der Waals surface area contributed by atoms with E-state index in [-0.39, 0.29) is 17.3 Å². The quantitative estimate of drug-likeness (QED) is 0.495. The largest absolute Gasteiger partial charge is 0.383 e. The van der Waals surface area contributed by atoms with Gasteiger partial charge >= 0.3 is 0 Å². The molecule has 0 saturated carbocycles. The van der Waals surface area contributed by atoms with Crippen molar-refractivity contribution in [1.29, 1.82) is 0 Å². The standard InChI is InChI=1S/C17H23N3O4S2/c1-24-11-10-18-8-9-19-17(21)14-4-6-16(7-5-14)26(22,23)20-13-15-3-2-12-25-15/h2-7,12,18,20H,8-11,13H2,1H3,(H,19,21). The Morgan fingerprint density at radius 2 is 1.88 bits per heavy atom. The van der Waals surface area contributed by atoms with E-state index >= 15 is 0 Å². The number of amides is 1. The van der Waals surface area contributed by atoms with E-state index in [0.29, 0.717) is 25.3 Å². The summed E-state index contributed by atoms with van der Waals surface area (Å²) in [5, 5.41) is 7.79. The lowest BCUT2D eigenvalue weighted by Crippen LogP contribution is -2.33. The smallest absolute Gasteiger partial charge is 0.251 e. The van der Waals surface area contributed by atoms with E-state index in [0.717, 1.165) is 11.4 Å². The molecule has 0 atom stereocenters. The summed E-state index contributed by atoms with van der Waals surface area (Å²) in [5.41, 5.74) is 0.416. The number of methoxy groups -OCH3 is 1. The Hall–Kier alpha value is -1.78. The molecule has 1 amide bonds. The van der Waals surface area contributed by atoms with Crippen LogP contribution in [0.5, 0.6) is 0 Å². The molecule has 0 aliphatic rings. The van der Waals surface area contributed by atoms with Crippen molar-refractivity contribution in [3.8, 4) is 0 Å². The van der Waals surface area contributed by atoms with Gasteiger partial charge in [0.05, 0.1) is 11.5 Å². The zero-order chi connectivity index (χ0) is 18.8. The molecule has 3 N–H and O–H groups in total. The average Bonchev–Trinajstić information content (AvgIpc) is 3.16. The van der Waals surface area contributed by atoms with Crippen LogP contribution in [0.1, 0.15) is 15.2 Å². The van der Waals surface area contributed by atoms with Crippen molar-refractivity contribution in [2.45, 2.75) is 11.4 Å². The number of rotatable bonds is 11. The fourth-order valence-corrected chi connectivity index (χ4v) is 3.86. The third-order valence-corrected chi connectivity index (χ3v) is 5.81. The molecule has 2 rings (SSSR count). The Bertz CT molecular complexity index is 775. The van der Waals surface area contributed by atoms with E-state index < -0.39 is 10.0 Å². The summed E-state index contributed by atoms with van der Waals surface area (Å²) in [7, 11) is -1.98. The van der Waals surface area contributed by atoms with Crippen LogP contribution in [-0.2, 0) is 21.3 Å². The van der Waals surface area contributed by atoms with Crippen molar-refractivity contribution in [1.82, 2.24) is 15.4 Å². The zero-order valence-electron chi connectivity index (χ0n) is 14.5. The number of sulfonamides is 1. The number of hydrogen-bond acceptors (Lipinski definition) is 6. The average molecular weight is 398 g/mol. The molecule has 142 valence electrons. The molecule has 7 nitrogen and oxygen atoms in total. The second-order valence-corrected chi connectivity index (χ2v) is 8.23. The monoisotopic (exact) mass is 397 g/mol. The minimum atomic E-state index is -3.61. The second kappa shape index (κ2) is 10.4. The normalized spacial score (nSPS) is 11.4. The van der Waals surface area contributed by atoms with Gasteiger partial charge in [-0.15, -0.1) is 11.3 Å². The van der Waals surface area contributed by atoms with Crippen molar-refractivity contribution < 1.29 is 17.9 Å². The fourth-order valence-electron chi connectivity index (χ4n) is 2.11. The maximum atomic E-state index is 12.3. The predicted molar refractivity (Wildman–Crippen MR) is 102 cm³/mol. The Balaban J connectivity index is 1.83. The molecule has 0 fully saturated rings. The Morgan fingerprint density at radius 1 is 1.12 bits per heavy atom. The molecule has 1 aromatic heterocycles. The lowest BCUT2D eigenvalue weighted by Gasteiger charge is -2.08. The highest BCUT2D eigenvalue weighted by molar-refractivity contribution is 7.89. The summed E-state index contributed by atoms with van der Waals surface area (Å²) >= 11 is 1.49. The first kappa shape index (κ1) is 20.5. The van der Waals surface area contributed by atoms with Crippen LogP contribution in [0.25, 0.3) is 0 Å². The van der Waals surface area contributed by atoms with Crippen molar-refractivity contribution in [2.75, 3.05) is 33.4 Å². The van der Waals surface area contributed by atoms with Gasteiger partial charge in [-0.25, -0.2) is 13.1 Å². The van der Waals surface area contributed by atoms with E-state index in [4.69, 9.17) is 4.74 Å². The first-order valence-corrected chi connectivity index (χ1v) is 10.5. The predicted octanol–water partition coefficient (Wildman–Crippen LogP) is 1.19. The molecule has 9 heteroatoms. The van der Waals surface area contributed by atoms with Crippen LogP contribution in [0.4, 0.5) is 0 Å². The lowest BCUT2D eigenvalue weighted by atomic mass is 10.2. The van der Waals surface area contributed by atoms with Gasteiger partial charge in [-0.3, -0.25) is 4.79 Å². The molecule has 26 heavy (non-hydrogen) atoms. The van der Waals surface area contributed by atoms with Gasteiger partial charge in [0, 0.05) is 43.7 Å². The fraction of sp³-hybridized carbons (Fsp3) is 0.353. The Kier molecular flexibility index (Phi) is 8.20. The highest BCUT2D eigenvalue weighted by atomic mass is 32.2. The molecule has 0 radical (unpaired) electrons. The van der Waals surface area contributed by atoms with Crippen LogP contribution in [0.3, 0.4) is 0 Å². The maximum absolute atomic E-state index is 12.3. The molecule has 0 aliphatic heterocycles. The third kappa shape index (κ3) is 6.50. The summed E-state index contributed by atoms with van der Waals surface area (Å²) in [6.45, 7) is 2.69. The van der Waals surface area contributed by atoms with Crippen LogP contribution < -0.4 is 15.4 Å². The minimum absolute atomic E-state index is 0.131. The molecule has 0 aliphatic carbocycles. The maximum Gasteiger partial charge on any atom is 0.251 e. The Labute approximate surface area is 157 Å². The van der Waals surface area contributed by atoms with Crippen molar-refractivity contribution in [3.05, 3.63) is 52.2 Å². The molecular formula is C17H23N3O4S2. The molecule has 1 aromatic carbocycles. The van der Waals surface area contributed by atoms with Crippen LogP contribution in [0.2, 0.25) is 0 Å². The molecular weight excluding hydrogens is 374 g/mol. The van der Waals surface area contributed by atoms with Crippen molar-refractivity contribution >= 4 is 27.3 Å². The minimum Gasteiger partial charge on any atom is -0.383 e. The van der Waals surface area contributed by atoms with Gasteiger partial charge in [0.25, 0.3) is 5.91 Å². The molecule has 0 spiro atoms. The Morgan fingerprint density at radius 3 is 2.54 bits per heavy atom. The van der Waals surface area contributed by atoms with Gasteiger partial charge in [0.2, 0.25) is 10.0 Å². The number of nitrogens with one attached hydrogen (secondary N) is 3. The van der Waals surface area contributed by atoms with Crippen LogP contribution in [0, 0.1) is 0 Å². The van der Waals surface area contributed by atoms with Crippen molar-refractivity contribution in [2.24, 2.45) is 0 Å². The SMILES string of the molecule is COCCNCCNC(=O)c1ccc(S(=O)(=O)NCc2cccs2)cc1. The number of thiophene rings is 1. The number of ether oxygens (including phenoxy) is 1. The number of benzene rings is 1. The van der Waals surface area contributed by atoms with E-state index in [9.17, 15) is 13.2 Å². The van der Waals surface area contributed by atoms with Crippen LogP contribution in [-0.4, -0.2) is 47.7 Å². The first-order chi connectivity index (χ1) is 12.5. The summed E-state index contributed by atoms with van der Waals surface area (Å²) in [6.07, 6.45) is 0. The van der Waals surface area contributed by atoms with E-state index in [1.165, 1.54) is 35.6 Å². The third-order valence-electron chi connectivity index (χ3n) is 3.51. The number of carbonyl (C=O) groups excluding carboxylic acids is 1. The van der Waals surface area contributed by atoms with Gasteiger partial charge in [-0.1, -0.05) is 6.07 Å². The number of carbonyl (C=O) groups is 1. The second-order valence-electron chi connectivity index (χ2n) is 5.43. The molecule has 0 unspecified atom stereocenters. The highest BCUT2D eigenvalue weighted by Crippen LogP contribution is 2.13. The number of hydrogen-bond donors (Lipinski definition) is 3. The summed E-state index contributed by atoms with van der Waals surface area (Å²) in [6, 6.07) is 9.62. The van der Waals surface area contributed by atoms with Gasteiger partial charge in [0.15, 0.2) is 0 Å². The van der Waals surface area contributed by atoms with Gasteiger partial charge < -0.3 is 15.4 Å². The van der Waals surface area contributed by atoms with Gasteiger partial charge in [-0.05, 0) is 35.7 Å². The topological polar surface area (TPSA) is 96.5 Å². The van der Waals surface area contributed by atoms with Gasteiger partial charge in [0.1, 0.15) is 0 Å². The molecule has 0 bridgehead atoms. The van der Waals surface area contributed by atoms with Gasteiger partial charge in [-0.2, -0.15) is 0 Å². The lowest BCUT2D eigenvalue weighted by molar-refractivity contribution is 0.0953. The van der Waals surface area contributed by atoms with E-state index in [2.05, 4.69) is 15.4 Å². The van der Waals surface area contributed by atoms with Crippen molar-refractivity contribution in [3.63, 3.8) is 0 Å². The first-order valence-electron chi connectivity index (χ1n) is 8.13. The highest BCUT2D eigenvalue weighted by Gasteiger charge is 2.15. The zero-order valence-corrected chi connectivity index (χ0v) is 16.2. The van der Waals surface area contributed by atoms with Crippen LogP contribution in [0.15, 0.2) is 46.7 Å². The molecule has 0 saturated heterocycles.